The van der Waals surface area contributed by atoms with Crippen LogP contribution in [0.15, 0.2) is 10.9 Å². The first-order valence-electron chi connectivity index (χ1n) is 5.83. The molecule has 0 spiro atoms. The van der Waals surface area contributed by atoms with E-state index in [2.05, 4.69) is 20.9 Å². The van der Waals surface area contributed by atoms with E-state index in [9.17, 15) is 20.0 Å². The van der Waals surface area contributed by atoms with Crippen LogP contribution in [0.25, 0.3) is 0 Å². The minimum absolute atomic E-state index is 0.0266. The number of aliphatic hydroxyl groups is 1. The van der Waals surface area contributed by atoms with Crippen molar-refractivity contribution < 1.29 is 19.6 Å². The van der Waals surface area contributed by atoms with Gasteiger partial charge in [0, 0.05) is 15.9 Å². The first kappa shape index (κ1) is 16.6. The second kappa shape index (κ2) is 6.31. The number of imidazole rings is 1. The Bertz CT molecular complexity index is 509. The molecule has 1 aromatic heterocycles. The first-order chi connectivity index (χ1) is 9.11. The number of nitrogens with zero attached hydrogens (tertiary/aromatic N) is 3. The maximum absolute atomic E-state index is 11.5. The Kier molecular flexibility index (Phi) is 5.23. The molecule has 1 N–H and O–H groups in total. The van der Waals surface area contributed by atoms with Crippen molar-refractivity contribution in [2.24, 2.45) is 5.41 Å². The second-order valence-electron chi connectivity index (χ2n) is 5.28. The van der Waals surface area contributed by atoms with E-state index in [-0.39, 0.29) is 23.7 Å². The van der Waals surface area contributed by atoms with Crippen molar-refractivity contribution in [3.63, 3.8) is 0 Å². The number of nitro groups is 1. The summed E-state index contributed by atoms with van der Waals surface area (Å²) < 4.78 is 6.56. The second-order valence-corrected chi connectivity index (χ2v) is 5.99. The van der Waals surface area contributed by atoms with Crippen molar-refractivity contribution in [3.8, 4) is 0 Å². The summed E-state index contributed by atoms with van der Waals surface area (Å²) in [5.74, 6) is -0.747. The van der Waals surface area contributed by atoms with E-state index in [1.54, 1.807) is 20.8 Å². The van der Waals surface area contributed by atoms with Crippen LogP contribution in [0.3, 0.4) is 0 Å². The highest BCUT2D eigenvalue weighted by Crippen LogP contribution is 2.18. The maximum Gasteiger partial charge on any atom is 0.382 e. The molecule has 0 aliphatic rings. The SMILES string of the molecule is CC(C)(C)C(=O)OC[C@H](O)Cn1cc([N+](=O)[O-])nc1Br. The molecule has 1 aromatic rings. The largest absolute Gasteiger partial charge is 0.462 e. The molecule has 20 heavy (non-hydrogen) atoms. The zero-order valence-corrected chi connectivity index (χ0v) is 13.0. The molecule has 0 radical (unpaired) electrons. The molecule has 9 heteroatoms. The number of carbonyl (C=O) groups excluding carboxylic acids is 1. The van der Waals surface area contributed by atoms with Gasteiger partial charge in [0.05, 0.1) is 12.0 Å². The molecule has 1 rings (SSSR count). The lowest BCUT2D eigenvalue weighted by Gasteiger charge is -2.18. The minimum atomic E-state index is -0.980. The predicted octanol–water partition coefficient (Wildman–Crippen LogP) is 1.50. The summed E-state index contributed by atoms with van der Waals surface area (Å²) in [7, 11) is 0. The maximum atomic E-state index is 11.5. The Balaban J connectivity index is 2.57. The van der Waals surface area contributed by atoms with Gasteiger partial charge in [-0.1, -0.05) is 0 Å². The molecule has 0 fully saturated rings. The van der Waals surface area contributed by atoms with Gasteiger partial charge in [-0.2, -0.15) is 0 Å². The van der Waals surface area contributed by atoms with Crippen molar-refractivity contribution in [2.75, 3.05) is 6.61 Å². The van der Waals surface area contributed by atoms with Gasteiger partial charge in [-0.3, -0.25) is 9.36 Å². The standard InChI is InChI=1S/C11H16BrN3O5/c1-11(2,3)9(17)20-6-7(16)4-14-5-8(15(18)19)13-10(14)12/h5,7,16H,4,6H2,1-3H3/t7-/m1/s1. The highest BCUT2D eigenvalue weighted by atomic mass is 79.9. The molecule has 8 nitrogen and oxygen atoms in total. The van der Waals surface area contributed by atoms with E-state index in [1.807, 2.05) is 0 Å². The molecule has 0 saturated carbocycles. The van der Waals surface area contributed by atoms with Crippen LogP contribution in [-0.4, -0.2) is 38.3 Å². The number of carbonyl (C=O) groups is 1. The smallest absolute Gasteiger partial charge is 0.382 e. The van der Waals surface area contributed by atoms with Crippen LogP contribution in [0.2, 0.25) is 0 Å². The molecule has 1 atom stereocenters. The van der Waals surface area contributed by atoms with E-state index >= 15 is 0 Å². The Morgan fingerprint density at radius 2 is 2.25 bits per heavy atom. The third-order valence-corrected chi connectivity index (χ3v) is 2.96. The number of aliphatic hydroxyl groups excluding tert-OH is 1. The van der Waals surface area contributed by atoms with Crippen LogP contribution in [0.5, 0.6) is 0 Å². The minimum Gasteiger partial charge on any atom is -0.462 e. The van der Waals surface area contributed by atoms with Gasteiger partial charge in [-0.15, -0.1) is 0 Å². The monoisotopic (exact) mass is 349 g/mol. The average molecular weight is 350 g/mol. The predicted molar refractivity (Wildman–Crippen MR) is 73.0 cm³/mol. The Morgan fingerprint density at radius 1 is 1.65 bits per heavy atom. The van der Waals surface area contributed by atoms with Crippen LogP contribution in [0, 0.1) is 15.5 Å². The van der Waals surface area contributed by atoms with Gasteiger partial charge in [0.2, 0.25) is 0 Å². The molecule has 0 aromatic carbocycles. The van der Waals surface area contributed by atoms with Gasteiger partial charge in [0.25, 0.3) is 4.73 Å². The van der Waals surface area contributed by atoms with Gasteiger partial charge in [0.15, 0.2) is 0 Å². The molecular formula is C11H16BrN3O5. The number of hydrogen-bond acceptors (Lipinski definition) is 6. The highest BCUT2D eigenvalue weighted by Gasteiger charge is 2.24. The van der Waals surface area contributed by atoms with E-state index in [4.69, 9.17) is 4.74 Å². The van der Waals surface area contributed by atoms with Crippen molar-refractivity contribution >= 4 is 27.7 Å². The van der Waals surface area contributed by atoms with Gasteiger partial charge in [0.1, 0.15) is 18.9 Å². The molecular weight excluding hydrogens is 334 g/mol. The quantitative estimate of drug-likeness (QED) is 0.490. The van der Waals surface area contributed by atoms with Gasteiger partial charge in [-0.05, 0) is 30.7 Å². The zero-order chi connectivity index (χ0) is 15.5. The van der Waals surface area contributed by atoms with Gasteiger partial charge >= 0.3 is 11.8 Å². The lowest BCUT2D eigenvalue weighted by molar-refractivity contribution is -0.389. The summed E-state index contributed by atoms with van der Waals surface area (Å²) in [6, 6.07) is 0. The summed E-state index contributed by atoms with van der Waals surface area (Å²) in [6.45, 7) is 4.96. The molecule has 0 unspecified atom stereocenters. The molecule has 0 aliphatic heterocycles. The van der Waals surface area contributed by atoms with Crippen LogP contribution in [-0.2, 0) is 16.1 Å². The fraction of sp³-hybridized carbons (Fsp3) is 0.636. The van der Waals surface area contributed by atoms with Crippen molar-refractivity contribution in [1.82, 2.24) is 9.55 Å². The topological polar surface area (TPSA) is 107 Å². The van der Waals surface area contributed by atoms with Crippen LogP contribution in [0.1, 0.15) is 20.8 Å². The first-order valence-corrected chi connectivity index (χ1v) is 6.63. The molecule has 1 heterocycles. The number of esters is 1. The summed E-state index contributed by atoms with van der Waals surface area (Å²) in [4.78, 5) is 25.1. The van der Waals surface area contributed by atoms with E-state index in [0.29, 0.717) is 0 Å². The van der Waals surface area contributed by atoms with Crippen LogP contribution < -0.4 is 0 Å². The zero-order valence-electron chi connectivity index (χ0n) is 11.4. The summed E-state index contributed by atoms with van der Waals surface area (Å²) in [5, 5.41) is 20.3. The van der Waals surface area contributed by atoms with E-state index in [0.717, 1.165) is 0 Å². The van der Waals surface area contributed by atoms with Crippen molar-refractivity contribution in [1.29, 1.82) is 0 Å². The molecule has 0 amide bonds. The Labute approximate surface area is 124 Å². The number of hydrogen-bond donors (Lipinski definition) is 1. The lowest BCUT2D eigenvalue weighted by atomic mass is 9.97. The average Bonchev–Trinajstić information content (AvgIpc) is 2.67. The molecule has 0 bridgehead atoms. The van der Waals surface area contributed by atoms with Gasteiger partial charge in [-0.25, -0.2) is 0 Å². The van der Waals surface area contributed by atoms with Crippen LogP contribution in [0.4, 0.5) is 5.82 Å². The lowest BCUT2D eigenvalue weighted by Crippen LogP contribution is -2.29. The van der Waals surface area contributed by atoms with Gasteiger partial charge < -0.3 is 20.0 Å². The summed E-state index contributed by atoms with van der Waals surface area (Å²) in [5.41, 5.74) is -0.645. The third kappa shape index (κ3) is 4.57. The normalized spacial score (nSPS) is 13.1. The summed E-state index contributed by atoms with van der Waals surface area (Å²) >= 11 is 3.05. The Morgan fingerprint density at radius 3 is 2.70 bits per heavy atom. The fourth-order valence-electron chi connectivity index (χ4n) is 1.26. The third-order valence-electron chi connectivity index (χ3n) is 2.33. The summed E-state index contributed by atoms with van der Waals surface area (Å²) in [6.07, 6.45) is 0.213. The number of aromatic nitrogens is 2. The molecule has 0 aliphatic carbocycles. The van der Waals surface area contributed by atoms with E-state index in [1.165, 1.54) is 10.8 Å². The van der Waals surface area contributed by atoms with Crippen molar-refractivity contribution in [3.05, 3.63) is 21.0 Å². The van der Waals surface area contributed by atoms with Crippen molar-refractivity contribution in [2.45, 2.75) is 33.4 Å². The Hall–Kier alpha value is -1.48. The van der Waals surface area contributed by atoms with E-state index < -0.39 is 22.4 Å². The number of ether oxygens (including phenoxy) is 1. The number of rotatable bonds is 5. The molecule has 112 valence electrons. The van der Waals surface area contributed by atoms with Crippen LogP contribution >= 0.6 is 15.9 Å². The highest BCUT2D eigenvalue weighted by molar-refractivity contribution is 9.10. The fourth-order valence-corrected chi connectivity index (χ4v) is 1.69. The molecule has 0 saturated heterocycles. The number of halogens is 1.